The van der Waals surface area contributed by atoms with Gasteiger partial charge >= 0.3 is 0 Å². The molecule has 1 aliphatic rings. The third-order valence-electron chi connectivity index (χ3n) is 3.43. The third-order valence-corrected chi connectivity index (χ3v) is 3.43. The van der Waals surface area contributed by atoms with Crippen LogP contribution in [0.4, 0.5) is 0 Å². The summed E-state index contributed by atoms with van der Waals surface area (Å²) in [4.78, 5) is 10.6. The second kappa shape index (κ2) is 5.32. The normalized spacial score (nSPS) is 13.9. The standard InChI is InChI=1S/C15H13NO5/c17-13-7-15-14(20-9-21-15)6-11(13)12(8-16(18)19)10-4-2-1-3-5-10/h1-7,12,17H,8-9H2/t12-/m1/s1. The van der Waals surface area contributed by atoms with Gasteiger partial charge in [-0.05, 0) is 11.6 Å². The number of phenols is 1. The van der Waals surface area contributed by atoms with Crippen LogP contribution >= 0.6 is 0 Å². The minimum Gasteiger partial charge on any atom is -0.507 e. The molecular weight excluding hydrogens is 274 g/mol. The maximum absolute atomic E-state index is 11.0. The molecule has 6 nitrogen and oxygen atoms in total. The predicted molar refractivity (Wildman–Crippen MR) is 74.4 cm³/mol. The molecule has 108 valence electrons. The van der Waals surface area contributed by atoms with Crippen molar-refractivity contribution >= 4 is 0 Å². The summed E-state index contributed by atoms with van der Waals surface area (Å²) < 4.78 is 10.5. The summed E-state index contributed by atoms with van der Waals surface area (Å²) in [6.45, 7) is -0.222. The smallest absolute Gasteiger partial charge is 0.231 e. The van der Waals surface area contributed by atoms with E-state index in [-0.39, 0.29) is 24.0 Å². The molecule has 0 saturated carbocycles. The van der Waals surface area contributed by atoms with Crippen LogP contribution in [0.2, 0.25) is 0 Å². The third kappa shape index (κ3) is 2.60. The highest BCUT2D eigenvalue weighted by atomic mass is 16.7. The molecule has 0 aliphatic carbocycles. The zero-order chi connectivity index (χ0) is 14.8. The van der Waals surface area contributed by atoms with Gasteiger partial charge in [-0.3, -0.25) is 10.1 Å². The van der Waals surface area contributed by atoms with Gasteiger partial charge in [0.15, 0.2) is 11.5 Å². The molecule has 1 N–H and O–H groups in total. The van der Waals surface area contributed by atoms with Gasteiger partial charge in [0.1, 0.15) is 5.75 Å². The molecule has 2 aromatic carbocycles. The van der Waals surface area contributed by atoms with Crippen LogP contribution in [0.3, 0.4) is 0 Å². The number of hydrogen-bond acceptors (Lipinski definition) is 5. The van der Waals surface area contributed by atoms with Crippen molar-refractivity contribution in [3.05, 3.63) is 63.7 Å². The molecule has 1 heterocycles. The van der Waals surface area contributed by atoms with Crippen molar-refractivity contribution < 1.29 is 19.5 Å². The van der Waals surface area contributed by atoms with Crippen molar-refractivity contribution in [2.24, 2.45) is 0 Å². The monoisotopic (exact) mass is 287 g/mol. The van der Waals surface area contributed by atoms with Crippen LogP contribution in [0.15, 0.2) is 42.5 Å². The van der Waals surface area contributed by atoms with Crippen molar-refractivity contribution in [1.82, 2.24) is 0 Å². The van der Waals surface area contributed by atoms with Crippen LogP contribution in [0.25, 0.3) is 0 Å². The van der Waals surface area contributed by atoms with Gasteiger partial charge in [-0.2, -0.15) is 0 Å². The summed E-state index contributed by atoms with van der Waals surface area (Å²) in [5.74, 6) is 0.363. The van der Waals surface area contributed by atoms with Gasteiger partial charge in [0, 0.05) is 16.6 Å². The Morgan fingerprint density at radius 2 is 1.86 bits per heavy atom. The highest BCUT2D eigenvalue weighted by molar-refractivity contribution is 5.54. The molecule has 6 heteroatoms. The fraction of sp³-hybridized carbons (Fsp3) is 0.200. The second-order valence-electron chi connectivity index (χ2n) is 4.74. The van der Waals surface area contributed by atoms with Crippen LogP contribution in [-0.4, -0.2) is 23.4 Å². The van der Waals surface area contributed by atoms with Crippen LogP contribution in [0.1, 0.15) is 17.0 Å². The van der Waals surface area contributed by atoms with Gasteiger partial charge in [-0.15, -0.1) is 0 Å². The number of benzene rings is 2. The number of fused-ring (bicyclic) bond motifs is 1. The first kappa shape index (κ1) is 13.2. The quantitative estimate of drug-likeness (QED) is 0.690. The lowest BCUT2D eigenvalue weighted by atomic mass is 9.90. The molecule has 0 unspecified atom stereocenters. The van der Waals surface area contributed by atoms with Crippen molar-refractivity contribution in [2.45, 2.75) is 5.92 Å². The molecular formula is C15H13NO5. The highest BCUT2D eigenvalue weighted by Crippen LogP contribution is 2.42. The van der Waals surface area contributed by atoms with E-state index in [4.69, 9.17) is 9.47 Å². The number of aromatic hydroxyl groups is 1. The zero-order valence-corrected chi connectivity index (χ0v) is 11.1. The molecule has 0 radical (unpaired) electrons. The molecule has 3 rings (SSSR count). The van der Waals surface area contributed by atoms with Crippen molar-refractivity contribution in [3.8, 4) is 17.2 Å². The van der Waals surface area contributed by atoms with Crippen molar-refractivity contribution in [2.75, 3.05) is 13.3 Å². The fourth-order valence-corrected chi connectivity index (χ4v) is 2.44. The van der Waals surface area contributed by atoms with E-state index in [1.165, 1.54) is 6.07 Å². The summed E-state index contributed by atoms with van der Waals surface area (Å²) in [6, 6.07) is 12.1. The molecule has 1 aliphatic heterocycles. The zero-order valence-electron chi connectivity index (χ0n) is 11.1. The summed E-state index contributed by atoms with van der Waals surface area (Å²) >= 11 is 0. The van der Waals surface area contributed by atoms with Gasteiger partial charge in [0.05, 0.1) is 5.92 Å². The SMILES string of the molecule is O=[N+]([O-])C[C@H](c1ccccc1)c1cc2c(cc1O)OCO2. The lowest BCUT2D eigenvalue weighted by Crippen LogP contribution is -2.14. The van der Waals surface area contributed by atoms with E-state index in [9.17, 15) is 15.2 Å². The van der Waals surface area contributed by atoms with Gasteiger partial charge in [-0.1, -0.05) is 30.3 Å². The van der Waals surface area contributed by atoms with Gasteiger partial charge in [0.2, 0.25) is 13.3 Å². The molecule has 0 saturated heterocycles. The molecule has 0 spiro atoms. The van der Waals surface area contributed by atoms with E-state index >= 15 is 0 Å². The minimum atomic E-state index is -0.546. The first-order valence-electron chi connectivity index (χ1n) is 6.44. The Morgan fingerprint density at radius 3 is 2.52 bits per heavy atom. The van der Waals surface area contributed by atoms with Crippen molar-refractivity contribution in [1.29, 1.82) is 0 Å². The van der Waals surface area contributed by atoms with E-state index < -0.39 is 5.92 Å². The lowest BCUT2D eigenvalue weighted by Gasteiger charge is -2.16. The highest BCUT2D eigenvalue weighted by Gasteiger charge is 2.26. The Labute approximate surface area is 120 Å². The summed E-state index contributed by atoms with van der Waals surface area (Å²) in [5.41, 5.74) is 1.23. The summed E-state index contributed by atoms with van der Waals surface area (Å²) in [5, 5.41) is 21.1. The van der Waals surface area contributed by atoms with E-state index in [1.54, 1.807) is 18.2 Å². The van der Waals surface area contributed by atoms with Gasteiger partial charge < -0.3 is 14.6 Å². The Kier molecular flexibility index (Phi) is 3.35. The predicted octanol–water partition coefficient (Wildman–Crippen LogP) is 2.53. The van der Waals surface area contributed by atoms with Crippen LogP contribution < -0.4 is 9.47 Å². The molecule has 1 atom stereocenters. The largest absolute Gasteiger partial charge is 0.507 e. The molecule has 0 fully saturated rings. The number of rotatable bonds is 4. The average molecular weight is 287 g/mol. The van der Waals surface area contributed by atoms with Gasteiger partial charge in [0.25, 0.3) is 0 Å². The molecule has 21 heavy (non-hydrogen) atoms. The Morgan fingerprint density at radius 1 is 1.19 bits per heavy atom. The van der Waals surface area contributed by atoms with Crippen molar-refractivity contribution in [3.63, 3.8) is 0 Å². The Hall–Kier alpha value is -2.76. The maximum Gasteiger partial charge on any atom is 0.231 e. The Bertz CT molecular complexity index is 671. The van der Waals surface area contributed by atoms with E-state index in [1.807, 2.05) is 18.2 Å². The Balaban J connectivity index is 2.06. The van der Waals surface area contributed by atoms with E-state index in [2.05, 4.69) is 0 Å². The number of phenolic OH excluding ortho intramolecular Hbond substituents is 1. The van der Waals surface area contributed by atoms with E-state index in [0.29, 0.717) is 17.1 Å². The van der Waals surface area contributed by atoms with Gasteiger partial charge in [-0.25, -0.2) is 0 Å². The maximum atomic E-state index is 11.0. The first-order valence-corrected chi connectivity index (χ1v) is 6.44. The van der Waals surface area contributed by atoms with Crippen LogP contribution in [-0.2, 0) is 0 Å². The van der Waals surface area contributed by atoms with E-state index in [0.717, 1.165) is 5.56 Å². The minimum absolute atomic E-state index is 0.0325. The molecule has 0 bridgehead atoms. The number of hydrogen-bond donors (Lipinski definition) is 1. The second-order valence-corrected chi connectivity index (χ2v) is 4.74. The number of nitrogens with zero attached hydrogens (tertiary/aromatic N) is 1. The molecule has 2 aromatic rings. The summed E-state index contributed by atoms with van der Waals surface area (Å²) in [7, 11) is 0. The van der Waals surface area contributed by atoms with Crippen LogP contribution in [0, 0.1) is 10.1 Å². The summed E-state index contributed by atoms with van der Waals surface area (Å²) in [6.07, 6.45) is 0. The number of ether oxygens (including phenoxy) is 2. The topological polar surface area (TPSA) is 81.8 Å². The fourth-order valence-electron chi connectivity index (χ4n) is 2.44. The lowest BCUT2D eigenvalue weighted by molar-refractivity contribution is -0.481. The van der Waals surface area contributed by atoms with Crippen LogP contribution in [0.5, 0.6) is 17.2 Å². The first-order chi connectivity index (χ1) is 10.1. The number of nitro groups is 1. The average Bonchev–Trinajstić information content (AvgIpc) is 2.92. The molecule has 0 aromatic heterocycles. The molecule has 0 amide bonds.